The van der Waals surface area contributed by atoms with Gasteiger partial charge in [-0.25, -0.2) is 0 Å². The average molecular weight is 339 g/mol. The SMILES string of the molecule is CCc1c(Cc2cccc(N=C=S)c2CC)cccc1N=C=S. The summed E-state index contributed by atoms with van der Waals surface area (Å²) in [7, 11) is 0. The highest BCUT2D eigenvalue weighted by Gasteiger charge is 2.11. The van der Waals surface area contributed by atoms with Gasteiger partial charge in [-0.1, -0.05) is 38.1 Å². The van der Waals surface area contributed by atoms with E-state index in [1.54, 1.807) is 0 Å². The first-order chi connectivity index (χ1) is 11.2. The van der Waals surface area contributed by atoms with Crippen LogP contribution in [0.5, 0.6) is 0 Å². The Labute approximate surface area is 148 Å². The number of benzene rings is 2. The van der Waals surface area contributed by atoms with E-state index in [1.807, 2.05) is 24.3 Å². The van der Waals surface area contributed by atoms with E-state index in [0.29, 0.717) is 0 Å². The van der Waals surface area contributed by atoms with Crippen molar-refractivity contribution in [3.63, 3.8) is 0 Å². The van der Waals surface area contributed by atoms with E-state index in [4.69, 9.17) is 24.4 Å². The Hall–Kier alpha value is -1.96. The number of aliphatic imine (C=N–C) groups is 2. The normalized spacial score (nSPS) is 9.83. The van der Waals surface area contributed by atoms with Crippen LogP contribution < -0.4 is 0 Å². The summed E-state index contributed by atoms with van der Waals surface area (Å²) in [6.07, 6.45) is 2.66. The smallest absolute Gasteiger partial charge is 0.0774 e. The second-order valence-electron chi connectivity index (χ2n) is 5.12. The molecule has 2 aromatic rings. The summed E-state index contributed by atoms with van der Waals surface area (Å²) in [5.41, 5.74) is 6.78. The van der Waals surface area contributed by atoms with Crippen molar-refractivity contribution in [1.29, 1.82) is 0 Å². The van der Waals surface area contributed by atoms with Crippen LogP contribution in [0.1, 0.15) is 36.1 Å². The number of hydrogen-bond acceptors (Lipinski definition) is 4. The van der Waals surface area contributed by atoms with Gasteiger partial charge in [0.25, 0.3) is 0 Å². The van der Waals surface area contributed by atoms with Crippen LogP contribution in [0.25, 0.3) is 0 Å². The molecule has 0 atom stereocenters. The van der Waals surface area contributed by atoms with Crippen LogP contribution in [0.15, 0.2) is 46.4 Å². The van der Waals surface area contributed by atoms with Crippen molar-refractivity contribution in [2.45, 2.75) is 33.1 Å². The predicted octanol–water partition coefficient (Wildman–Crippen LogP) is 5.87. The van der Waals surface area contributed by atoms with E-state index in [1.165, 1.54) is 22.3 Å². The second-order valence-corrected chi connectivity index (χ2v) is 5.48. The molecule has 0 amide bonds. The van der Waals surface area contributed by atoms with Gasteiger partial charge in [0, 0.05) is 0 Å². The van der Waals surface area contributed by atoms with Crippen LogP contribution in [0, 0.1) is 0 Å². The summed E-state index contributed by atoms with van der Waals surface area (Å²) in [5.74, 6) is 0. The van der Waals surface area contributed by atoms with Crippen molar-refractivity contribution < 1.29 is 0 Å². The van der Waals surface area contributed by atoms with Crippen molar-refractivity contribution in [1.82, 2.24) is 0 Å². The highest BCUT2D eigenvalue weighted by atomic mass is 32.1. The quantitative estimate of drug-likeness (QED) is 0.486. The fourth-order valence-corrected chi connectivity index (χ4v) is 3.10. The summed E-state index contributed by atoms with van der Waals surface area (Å²) in [5, 5.41) is 4.94. The van der Waals surface area contributed by atoms with E-state index in [2.05, 4.69) is 46.3 Å². The molecular weight excluding hydrogens is 320 g/mol. The number of nitrogens with zero attached hydrogens (tertiary/aromatic N) is 2. The van der Waals surface area contributed by atoms with E-state index in [-0.39, 0.29) is 0 Å². The molecule has 0 fully saturated rings. The van der Waals surface area contributed by atoms with Gasteiger partial charge in [-0.05, 0) is 78.1 Å². The maximum absolute atomic E-state index is 4.75. The lowest BCUT2D eigenvalue weighted by Gasteiger charge is -2.14. The Bertz CT molecular complexity index is 732. The van der Waals surface area contributed by atoms with Crippen LogP contribution in [0.4, 0.5) is 11.4 Å². The number of hydrogen-bond donors (Lipinski definition) is 0. The zero-order valence-corrected chi connectivity index (χ0v) is 14.9. The largest absolute Gasteiger partial charge is 0.194 e. The lowest BCUT2D eigenvalue weighted by molar-refractivity contribution is 1.02. The monoisotopic (exact) mass is 338 g/mol. The van der Waals surface area contributed by atoms with Crippen LogP contribution in [-0.2, 0) is 19.3 Å². The minimum Gasteiger partial charge on any atom is -0.194 e. The van der Waals surface area contributed by atoms with Crippen molar-refractivity contribution >= 4 is 46.1 Å². The average Bonchev–Trinajstić information content (AvgIpc) is 2.56. The number of isothiocyanates is 2. The van der Waals surface area contributed by atoms with Crippen molar-refractivity contribution in [2.75, 3.05) is 0 Å². The predicted molar refractivity (Wildman–Crippen MR) is 104 cm³/mol. The third-order valence-electron chi connectivity index (χ3n) is 3.92. The molecule has 0 spiro atoms. The van der Waals surface area contributed by atoms with Gasteiger partial charge in [-0.3, -0.25) is 0 Å². The molecule has 0 saturated heterocycles. The molecule has 0 aliphatic heterocycles. The first-order valence-electron chi connectivity index (χ1n) is 7.62. The highest BCUT2D eigenvalue weighted by molar-refractivity contribution is 7.78. The minimum atomic E-state index is 0.841. The molecule has 0 heterocycles. The summed E-state index contributed by atoms with van der Waals surface area (Å²) >= 11 is 9.51. The second kappa shape index (κ2) is 8.61. The topological polar surface area (TPSA) is 24.7 Å². The first kappa shape index (κ1) is 17.4. The molecule has 0 bridgehead atoms. The van der Waals surface area contributed by atoms with Crippen LogP contribution in [0.2, 0.25) is 0 Å². The van der Waals surface area contributed by atoms with Gasteiger partial charge < -0.3 is 0 Å². The Balaban J connectivity index is 2.51. The van der Waals surface area contributed by atoms with Crippen molar-refractivity contribution in [3.8, 4) is 0 Å². The van der Waals surface area contributed by atoms with E-state index < -0.39 is 0 Å². The van der Waals surface area contributed by atoms with E-state index in [9.17, 15) is 0 Å². The fourth-order valence-electron chi connectivity index (χ4n) is 2.90. The summed E-state index contributed by atoms with van der Waals surface area (Å²) in [6, 6.07) is 12.3. The molecule has 116 valence electrons. The maximum atomic E-state index is 4.75. The molecule has 0 aliphatic carbocycles. The van der Waals surface area contributed by atoms with Gasteiger partial charge in [0.1, 0.15) is 0 Å². The zero-order valence-electron chi connectivity index (χ0n) is 13.3. The molecule has 0 aromatic heterocycles. The Kier molecular flexibility index (Phi) is 6.52. The Morgan fingerprint density at radius 2 is 1.22 bits per heavy atom. The van der Waals surface area contributed by atoms with Gasteiger partial charge in [-0.2, -0.15) is 9.98 Å². The van der Waals surface area contributed by atoms with Gasteiger partial charge in [0.15, 0.2) is 0 Å². The maximum Gasteiger partial charge on any atom is 0.0774 e. The minimum absolute atomic E-state index is 0.841. The third-order valence-corrected chi connectivity index (χ3v) is 4.10. The molecule has 2 nitrogen and oxygen atoms in total. The molecule has 2 aromatic carbocycles. The van der Waals surface area contributed by atoms with Crippen molar-refractivity contribution in [3.05, 3.63) is 58.7 Å². The summed E-state index contributed by atoms with van der Waals surface area (Å²) in [6.45, 7) is 4.27. The molecular formula is C19H18N2S2. The fraction of sp³-hybridized carbons (Fsp3) is 0.263. The van der Waals surface area contributed by atoms with Gasteiger partial charge >= 0.3 is 0 Å². The van der Waals surface area contributed by atoms with E-state index >= 15 is 0 Å². The molecule has 0 N–H and O–H groups in total. The lowest BCUT2D eigenvalue weighted by Crippen LogP contribution is -1.99. The van der Waals surface area contributed by atoms with Crippen molar-refractivity contribution in [2.24, 2.45) is 9.98 Å². The third kappa shape index (κ3) is 4.07. The molecule has 0 aliphatic rings. The van der Waals surface area contributed by atoms with Gasteiger partial charge in [0.05, 0.1) is 21.7 Å². The molecule has 4 heteroatoms. The van der Waals surface area contributed by atoms with E-state index in [0.717, 1.165) is 30.6 Å². The first-order valence-corrected chi connectivity index (χ1v) is 8.44. The van der Waals surface area contributed by atoms with Crippen LogP contribution in [0.3, 0.4) is 0 Å². The Morgan fingerprint density at radius 3 is 1.57 bits per heavy atom. The zero-order chi connectivity index (χ0) is 16.7. The van der Waals surface area contributed by atoms with Gasteiger partial charge in [-0.15, -0.1) is 0 Å². The highest BCUT2D eigenvalue weighted by Crippen LogP contribution is 2.29. The summed E-state index contributed by atoms with van der Waals surface area (Å²) in [4.78, 5) is 8.38. The standard InChI is InChI=1S/C19H18N2S2/c1-3-16-14(7-5-9-18(16)20-12-22)11-15-8-6-10-19(21-13-23)17(15)4-2/h5-10H,3-4,11H2,1-2H3. The summed E-state index contributed by atoms with van der Waals surface area (Å²) < 4.78 is 0. The number of thiocarbonyl (C=S) groups is 2. The molecule has 23 heavy (non-hydrogen) atoms. The van der Waals surface area contributed by atoms with Crippen LogP contribution >= 0.6 is 24.4 Å². The van der Waals surface area contributed by atoms with Gasteiger partial charge in [0.2, 0.25) is 0 Å². The molecule has 0 radical (unpaired) electrons. The Morgan fingerprint density at radius 1 is 0.783 bits per heavy atom. The number of rotatable bonds is 6. The molecule has 0 saturated carbocycles. The van der Waals surface area contributed by atoms with Crippen LogP contribution in [-0.4, -0.2) is 10.3 Å². The molecule has 2 rings (SSSR count). The molecule has 0 unspecified atom stereocenters. The lowest BCUT2D eigenvalue weighted by atomic mass is 9.93.